The Hall–Kier alpha value is -2.55. The van der Waals surface area contributed by atoms with Gasteiger partial charge in [-0.05, 0) is 37.1 Å². The second kappa shape index (κ2) is 7.14. The fourth-order valence-corrected chi connectivity index (χ4v) is 3.65. The van der Waals surface area contributed by atoms with Gasteiger partial charge < -0.3 is 14.4 Å². The number of nitrogens with one attached hydrogen (secondary N) is 1. The molecule has 0 aliphatic carbocycles. The molecule has 2 heterocycles. The van der Waals surface area contributed by atoms with Crippen molar-refractivity contribution in [1.82, 2.24) is 9.97 Å². The molecule has 0 bridgehead atoms. The third-order valence-corrected chi connectivity index (χ3v) is 5.30. The molecule has 1 aliphatic rings. The van der Waals surface area contributed by atoms with Crippen molar-refractivity contribution in [3.8, 4) is 11.9 Å². The number of hydrogen-bond acceptors (Lipinski definition) is 7. The summed E-state index contributed by atoms with van der Waals surface area (Å²) < 4.78 is 37.5. The van der Waals surface area contributed by atoms with E-state index in [1.54, 1.807) is 12.1 Å². The van der Waals surface area contributed by atoms with Crippen molar-refractivity contribution in [1.29, 1.82) is 0 Å². The lowest BCUT2D eigenvalue weighted by molar-refractivity contribution is 0.353. The lowest BCUT2D eigenvalue weighted by Gasteiger charge is -2.17. The first-order chi connectivity index (χ1) is 12.0. The van der Waals surface area contributed by atoms with Gasteiger partial charge in [0, 0.05) is 24.8 Å². The van der Waals surface area contributed by atoms with Crippen LogP contribution >= 0.6 is 0 Å². The van der Waals surface area contributed by atoms with Gasteiger partial charge in [0.2, 0.25) is 5.88 Å². The van der Waals surface area contributed by atoms with Crippen molar-refractivity contribution in [2.45, 2.75) is 17.7 Å². The van der Waals surface area contributed by atoms with Crippen LogP contribution < -0.4 is 19.1 Å². The third-order valence-electron chi connectivity index (χ3n) is 3.93. The molecule has 8 nitrogen and oxygen atoms in total. The zero-order valence-electron chi connectivity index (χ0n) is 14.1. The number of sulfonamides is 1. The van der Waals surface area contributed by atoms with Crippen LogP contribution in [0.2, 0.25) is 0 Å². The van der Waals surface area contributed by atoms with E-state index in [0.29, 0.717) is 0 Å². The Morgan fingerprint density at radius 1 is 1.04 bits per heavy atom. The second-order valence-corrected chi connectivity index (χ2v) is 7.26. The number of nitrogens with zero attached hydrogens (tertiary/aromatic N) is 3. The first-order valence-electron chi connectivity index (χ1n) is 7.87. The summed E-state index contributed by atoms with van der Waals surface area (Å²) in [5.41, 5.74) is 1.03. The largest absolute Gasteiger partial charge is 0.481 e. The Labute approximate surface area is 146 Å². The van der Waals surface area contributed by atoms with Gasteiger partial charge in [0.05, 0.1) is 19.1 Å². The van der Waals surface area contributed by atoms with Gasteiger partial charge >= 0.3 is 6.01 Å². The highest BCUT2D eigenvalue weighted by atomic mass is 32.2. The lowest BCUT2D eigenvalue weighted by atomic mass is 10.3. The van der Waals surface area contributed by atoms with E-state index in [1.165, 1.54) is 33.1 Å². The fraction of sp³-hybridized carbons (Fsp3) is 0.375. The Balaban J connectivity index is 1.81. The predicted octanol–water partition coefficient (Wildman–Crippen LogP) is 1.89. The first kappa shape index (κ1) is 17.3. The number of hydrogen-bond donors (Lipinski definition) is 1. The van der Waals surface area contributed by atoms with Crippen molar-refractivity contribution in [3.63, 3.8) is 0 Å². The summed E-state index contributed by atoms with van der Waals surface area (Å²) in [6.07, 6.45) is 2.33. The fourth-order valence-electron chi connectivity index (χ4n) is 2.66. The maximum Gasteiger partial charge on any atom is 0.321 e. The van der Waals surface area contributed by atoms with E-state index in [0.717, 1.165) is 18.8 Å². The van der Waals surface area contributed by atoms with Crippen LogP contribution in [0.4, 0.5) is 11.5 Å². The monoisotopic (exact) mass is 364 g/mol. The predicted molar refractivity (Wildman–Crippen MR) is 93.8 cm³/mol. The molecule has 3 rings (SSSR count). The molecule has 1 fully saturated rings. The van der Waals surface area contributed by atoms with E-state index >= 15 is 0 Å². The highest BCUT2D eigenvalue weighted by Gasteiger charge is 2.18. The van der Waals surface area contributed by atoms with Crippen LogP contribution in [0.15, 0.2) is 35.2 Å². The summed E-state index contributed by atoms with van der Waals surface area (Å²) in [6, 6.07) is 8.22. The van der Waals surface area contributed by atoms with Crippen LogP contribution in [0, 0.1) is 0 Å². The molecule has 9 heteroatoms. The van der Waals surface area contributed by atoms with Crippen molar-refractivity contribution in [3.05, 3.63) is 30.3 Å². The SMILES string of the molecule is COc1cc(NS(=O)(=O)c2ccc(N3CCCC3)cc2)nc(OC)n1. The molecule has 0 atom stereocenters. The van der Waals surface area contributed by atoms with Crippen LogP contribution in [0.3, 0.4) is 0 Å². The molecular weight excluding hydrogens is 344 g/mol. The zero-order chi connectivity index (χ0) is 17.9. The maximum atomic E-state index is 12.6. The molecule has 1 aromatic carbocycles. The minimum atomic E-state index is -3.77. The normalized spacial score (nSPS) is 14.4. The number of anilines is 2. The smallest absolute Gasteiger partial charge is 0.321 e. The van der Waals surface area contributed by atoms with Gasteiger partial charge in [-0.2, -0.15) is 9.97 Å². The van der Waals surface area contributed by atoms with Gasteiger partial charge in [-0.15, -0.1) is 0 Å². The summed E-state index contributed by atoms with van der Waals surface area (Å²) in [5, 5.41) is 0. The van der Waals surface area contributed by atoms with E-state index < -0.39 is 10.0 Å². The molecule has 25 heavy (non-hydrogen) atoms. The highest BCUT2D eigenvalue weighted by Crippen LogP contribution is 2.24. The standard InChI is InChI=1S/C16H20N4O4S/c1-23-15-11-14(17-16(18-15)24-2)19-25(21,22)13-7-5-12(6-8-13)20-9-3-4-10-20/h5-8,11H,3-4,9-10H2,1-2H3,(H,17,18,19). The van der Waals surface area contributed by atoms with E-state index in [1.807, 2.05) is 12.1 Å². The van der Waals surface area contributed by atoms with Gasteiger partial charge in [0.15, 0.2) is 5.82 Å². The molecule has 2 aromatic rings. The van der Waals surface area contributed by atoms with Crippen molar-refractivity contribution in [2.75, 3.05) is 36.9 Å². The van der Waals surface area contributed by atoms with Crippen molar-refractivity contribution < 1.29 is 17.9 Å². The molecule has 0 saturated carbocycles. The van der Waals surface area contributed by atoms with Gasteiger partial charge in [-0.1, -0.05) is 0 Å². The van der Waals surface area contributed by atoms with Crippen LogP contribution in [0.5, 0.6) is 11.9 Å². The Bertz CT molecular complexity index is 811. The highest BCUT2D eigenvalue weighted by molar-refractivity contribution is 7.92. The summed E-state index contributed by atoms with van der Waals surface area (Å²) in [7, 11) is -0.953. The molecule has 1 saturated heterocycles. The summed E-state index contributed by atoms with van der Waals surface area (Å²) in [5.74, 6) is 0.279. The molecule has 134 valence electrons. The van der Waals surface area contributed by atoms with E-state index in [4.69, 9.17) is 9.47 Å². The Morgan fingerprint density at radius 3 is 2.32 bits per heavy atom. The summed E-state index contributed by atoms with van der Waals surface area (Å²) in [6.45, 7) is 2.01. The number of rotatable bonds is 6. The van der Waals surface area contributed by atoms with Crippen molar-refractivity contribution >= 4 is 21.5 Å². The van der Waals surface area contributed by atoms with Gasteiger partial charge in [0.1, 0.15) is 0 Å². The molecule has 0 spiro atoms. The minimum Gasteiger partial charge on any atom is -0.481 e. The van der Waals surface area contributed by atoms with E-state index in [2.05, 4.69) is 19.6 Å². The average Bonchev–Trinajstić information content (AvgIpc) is 3.15. The topological polar surface area (TPSA) is 93.7 Å². The minimum absolute atomic E-state index is 0.0152. The van der Waals surface area contributed by atoms with Gasteiger partial charge in [-0.3, -0.25) is 4.72 Å². The molecule has 0 radical (unpaired) electrons. The van der Waals surface area contributed by atoms with Crippen LogP contribution in [-0.2, 0) is 10.0 Å². The molecule has 1 aromatic heterocycles. The molecule has 1 N–H and O–H groups in total. The lowest BCUT2D eigenvalue weighted by Crippen LogP contribution is -2.18. The molecule has 1 aliphatic heterocycles. The number of benzene rings is 1. The number of methoxy groups -OCH3 is 2. The van der Waals surface area contributed by atoms with Crippen LogP contribution in [-0.4, -0.2) is 45.7 Å². The second-order valence-electron chi connectivity index (χ2n) is 5.58. The number of ether oxygens (including phenoxy) is 2. The molecule has 0 amide bonds. The summed E-state index contributed by atoms with van der Waals surface area (Å²) in [4.78, 5) is 10.3. The van der Waals surface area contributed by atoms with Crippen LogP contribution in [0.1, 0.15) is 12.8 Å². The van der Waals surface area contributed by atoms with Crippen LogP contribution in [0.25, 0.3) is 0 Å². The van der Waals surface area contributed by atoms with E-state index in [9.17, 15) is 8.42 Å². The molecule has 0 unspecified atom stereocenters. The summed E-state index contributed by atoms with van der Waals surface area (Å²) >= 11 is 0. The Morgan fingerprint density at radius 2 is 1.72 bits per heavy atom. The third kappa shape index (κ3) is 3.93. The zero-order valence-corrected chi connectivity index (χ0v) is 14.9. The van der Waals surface area contributed by atoms with E-state index in [-0.39, 0.29) is 22.6 Å². The van der Waals surface area contributed by atoms with Gasteiger partial charge in [-0.25, -0.2) is 8.42 Å². The maximum absolute atomic E-state index is 12.6. The first-order valence-corrected chi connectivity index (χ1v) is 9.35. The van der Waals surface area contributed by atoms with Gasteiger partial charge in [0.25, 0.3) is 10.0 Å². The molecular formula is C16H20N4O4S. The average molecular weight is 364 g/mol. The quantitative estimate of drug-likeness (QED) is 0.836. The Kier molecular flexibility index (Phi) is 4.93. The number of aromatic nitrogens is 2. The van der Waals surface area contributed by atoms with Crippen molar-refractivity contribution in [2.24, 2.45) is 0 Å².